The van der Waals surface area contributed by atoms with Crippen molar-refractivity contribution in [2.75, 3.05) is 6.61 Å². The Morgan fingerprint density at radius 1 is 1.26 bits per heavy atom. The van der Waals surface area contributed by atoms with Crippen molar-refractivity contribution in [3.63, 3.8) is 0 Å². The highest BCUT2D eigenvalue weighted by Crippen LogP contribution is 2.41. The Kier molecular flexibility index (Phi) is 4.54. The van der Waals surface area contributed by atoms with E-state index >= 15 is 0 Å². The molecule has 0 aromatic rings. The van der Waals surface area contributed by atoms with Crippen LogP contribution in [-0.4, -0.2) is 24.3 Å². The molecule has 0 radical (unpaired) electrons. The predicted octanol–water partition coefficient (Wildman–Crippen LogP) is 3.85. The zero-order chi connectivity index (χ0) is 13.9. The first-order valence-corrected chi connectivity index (χ1v) is 7.85. The Bertz CT molecular complexity index is 310. The molecule has 0 spiro atoms. The minimum atomic E-state index is -0.386. The van der Waals surface area contributed by atoms with E-state index in [-0.39, 0.29) is 23.1 Å². The van der Waals surface area contributed by atoms with Crippen LogP contribution in [0.1, 0.15) is 72.1 Å². The van der Waals surface area contributed by atoms with E-state index in [1.165, 1.54) is 6.42 Å². The highest BCUT2D eigenvalue weighted by atomic mass is 16.6. The Hall–Kier alpha value is -0.570. The van der Waals surface area contributed by atoms with Crippen LogP contribution in [0.25, 0.3) is 0 Å². The molecule has 0 aromatic heterocycles. The molecule has 0 N–H and O–H groups in total. The third-order valence-electron chi connectivity index (χ3n) is 4.95. The number of carbonyl (C=O) groups is 1. The van der Waals surface area contributed by atoms with Crippen molar-refractivity contribution >= 4 is 5.97 Å². The summed E-state index contributed by atoms with van der Waals surface area (Å²) in [5.41, 5.74) is -0.721. The van der Waals surface area contributed by atoms with Gasteiger partial charge in [-0.3, -0.25) is 4.79 Å². The lowest BCUT2D eigenvalue weighted by Gasteiger charge is -2.42. The molecule has 3 nitrogen and oxygen atoms in total. The van der Waals surface area contributed by atoms with Gasteiger partial charge in [0.25, 0.3) is 0 Å². The molecule has 0 amide bonds. The van der Waals surface area contributed by atoms with Crippen molar-refractivity contribution in [3.8, 4) is 0 Å². The van der Waals surface area contributed by atoms with E-state index in [0.717, 1.165) is 51.6 Å². The van der Waals surface area contributed by atoms with Crippen LogP contribution in [0.3, 0.4) is 0 Å². The third-order valence-corrected chi connectivity index (χ3v) is 4.95. The van der Waals surface area contributed by atoms with Crippen LogP contribution >= 0.6 is 0 Å². The van der Waals surface area contributed by atoms with Gasteiger partial charge in [0.1, 0.15) is 5.60 Å². The van der Waals surface area contributed by atoms with Crippen LogP contribution in [-0.2, 0) is 14.3 Å². The summed E-state index contributed by atoms with van der Waals surface area (Å²) in [6.45, 7) is 6.81. The van der Waals surface area contributed by atoms with Crippen molar-refractivity contribution in [1.29, 1.82) is 0 Å². The van der Waals surface area contributed by atoms with E-state index in [9.17, 15) is 4.79 Å². The van der Waals surface area contributed by atoms with Crippen LogP contribution < -0.4 is 0 Å². The van der Waals surface area contributed by atoms with Crippen LogP contribution in [0.5, 0.6) is 0 Å². The Balaban J connectivity index is 2.11. The predicted molar refractivity (Wildman–Crippen MR) is 75.0 cm³/mol. The van der Waals surface area contributed by atoms with Crippen molar-refractivity contribution in [1.82, 2.24) is 0 Å². The number of hydrogen-bond donors (Lipinski definition) is 0. The average molecular weight is 268 g/mol. The van der Waals surface area contributed by atoms with Crippen LogP contribution in [0, 0.1) is 5.41 Å². The van der Waals surface area contributed by atoms with Crippen molar-refractivity contribution in [2.24, 2.45) is 5.41 Å². The largest absolute Gasteiger partial charge is 0.456 e. The summed E-state index contributed by atoms with van der Waals surface area (Å²) in [6, 6.07) is 0. The summed E-state index contributed by atoms with van der Waals surface area (Å²) in [7, 11) is 0. The van der Waals surface area contributed by atoms with Gasteiger partial charge >= 0.3 is 5.97 Å². The molecule has 3 heteroatoms. The number of ether oxygens (including phenoxy) is 2. The second kappa shape index (κ2) is 5.82. The van der Waals surface area contributed by atoms with Gasteiger partial charge in [-0.2, -0.15) is 0 Å². The maximum absolute atomic E-state index is 12.4. The van der Waals surface area contributed by atoms with Gasteiger partial charge in [0.2, 0.25) is 0 Å². The summed E-state index contributed by atoms with van der Waals surface area (Å²) in [5.74, 6) is -0.0487. The molecule has 1 aliphatic carbocycles. The molecule has 0 aromatic carbocycles. The maximum atomic E-state index is 12.4. The van der Waals surface area contributed by atoms with Crippen LogP contribution in [0.2, 0.25) is 0 Å². The standard InChI is InChI=1S/C16H28O3/c1-4-15(2,3)14(17)19-16(10-6-5-7-11-16)13-9-8-12-18-13/h13H,4-12H2,1-3H3. The minimum absolute atomic E-state index is 0.0487. The summed E-state index contributed by atoms with van der Waals surface area (Å²) in [4.78, 5) is 12.4. The highest BCUT2D eigenvalue weighted by molar-refractivity contribution is 5.76. The number of rotatable bonds is 4. The average Bonchev–Trinajstić information content (AvgIpc) is 2.94. The van der Waals surface area contributed by atoms with Gasteiger partial charge in [0, 0.05) is 6.61 Å². The number of esters is 1. The molecule has 1 saturated heterocycles. The fourth-order valence-electron chi connectivity index (χ4n) is 3.10. The van der Waals surface area contributed by atoms with Gasteiger partial charge in [-0.25, -0.2) is 0 Å². The van der Waals surface area contributed by atoms with E-state index in [2.05, 4.69) is 0 Å². The fraction of sp³-hybridized carbons (Fsp3) is 0.938. The van der Waals surface area contributed by atoms with Crippen molar-refractivity contribution in [2.45, 2.75) is 83.8 Å². The van der Waals surface area contributed by atoms with Gasteiger partial charge in [-0.15, -0.1) is 0 Å². The normalized spacial score (nSPS) is 27.2. The van der Waals surface area contributed by atoms with E-state index < -0.39 is 0 Å². The fourth-order valence-corrected chi connectivity index (χ4v) is 3.10. The number of carbonyl (C=O) groups excluding carboxylic acids is 1. The third kappa shape index (κ3) is 3.13. The first-order valence-electron chi connectivity index (χ1n) is 7.85. The zero-order valence-corrected chi connectivity index (χ0v) is 12.7. The topological polar surface area (TPSA) is 35.5 Å². The minimum Gasteiger partial charge on any atom is -0.456 e. The summed E-state index contributed by atoms with van der Waals surface area (Å²) < 4.78 is 11.9. The maximum Gasteiger partial charge on any atom is 0.312 e. The molecule has 2 fully saturated rings. The van der Waals surface area contributed by atoms with Crippen LogP contribution in [0.15, 0.2) is 0 Å². The molecule has 1 unspecified atom stereocenters. The van der Waals surface area contributed by atoms with Gasteiger partial charge in [0.05, 0.1) is 11.5 Å². The molecule has 1 heterocycles. The van der Waals surface area contributed by atoms with E-state index in [1.54, 1.807) is 0 Å². The smallest absolute Gasteiger partial charge is 0.312 e. The van der Waals surface area contributed by atoms with Gasteiger partial charge in [0.15, 0.2) is 0 Å². The summed E-state index contributed by atoms with van der Waals surface area (Å²) >= 11 is 0. The molecular weight excluding hydrogens is 240 g/mol. The quantitative estimate of drug-likeness (QED) is 0.727. The lowest BCUT2D eigenvalue weighted by molar-refractivity contribution is -0.191. The first-order chi connectivity index (χ1) is 9.00. The molecular formula is C16H28O3. The SMILES string of the molecule is CCC(C)(C)C(=O)OC1(C2CCCO2)CCCCC1. The van der Waals surface area contributed by atoms with Crippen LogP contribution in [0.4, 0.5) is 0 Å². The second-order valence-corrected chi connectivity index (χ2v) is 6.75. The van der Waals surface area contributed by atoms with Crippen molar-refractivity contribution in [3.05, 3.63) is 0 Å². The molecule has 2 rings (SSSR count). The zero-order valence-electron chi connectivity index (χ0n) is 12.7. The molecule has 1 atom stereocenters. The molecule has 0 bridgehead atoms. The first kappa shape index (κ1) is 14.8. The molecule has 19 heavy (non-hydrogen) atoms. The van der Waals surface area contributed by atoms with Gasteiger partial charge < -0.3 is 9.47 Å². The van der Waals surface area contributed by atoms with Gasteiger partial charge in [-0.05, 0) is 58.8 Å². The monoisotopic (exact) mass is 268 g/mol. The summed E-state index contributed by atoms with van der Waals surface area (Å²) in [5, 5.41) is 0. The van der Waals surface area contributed by atoms with Gasteiger partial charge in [-0.1, -0.05) is 13.3 Å². The summed E-state index contributed by atoms with van der Waals surface area (Å²) in [6.07, 6.45) is 8.59. The second-order valence-electron chi connectivity index (χ2n) is 6.75. The Morgan fingerprint density at radius 2 is 1.95 bits per heavy atom. The Morgan fingerprint density at radius 3 is 2.47 bits per heavy atom. The van der Waals surface area contributed by atoms with E-state index in [1.807, 2.05) is 20.8 Å². The van der Waals surface area contributed by atoms with E-state index in [4.69, 9.17) is 9.47 Å². The molecule has 1 saturated carbocycles. The molecule has 1 aliphatic heterocycles. The molecule has 2 aliphatic rings. The van der Waals surface area contributed by atoms with E-state index in [0.29, 0.717) is 0 Å². The Labute approximate surface area is 117 Å². The number of hydrogen-bond acceptors (Lipinski definition) is 3. The highest BCUT2D eigenvalue weighted by Gasteiger charge is 2.47. The lowest BCUT2D eigenvalue weighted by Crippen LogP contribution is -2.49. The molecule has 110 valence electrons. The lowest BCUT2D eigenvalue weighted by atomic mass is 9.79. The van der Waals surface area contributed by atoms with Crippen molar-refractivity contribution < 1.29 is 14.3 Å².